The molecule has 4 heteroatoms. The van der Waals surface area contributed by atoms with Crippen LogP contribution in [0.15, 0.2) is 18.2 Å². The van der Waals surface area contributed by atoms with Gasteiger partial charge in [-0.05, 0) is 37.3 Å². The maximum absolute atomic E-state index is 12.9. The molecule has 1 aliphatic heterocycles. The molecular weight excluding hydrogens is 266 g/mol. The fourth-order valence-electron chi connectivity index (χ4n) is 3.79. The molecule has 0 spiro atoms. The zero-order valence-corrected chi connectivity index (χ0v) is 12.7. The molecule has 114 valence electrons. The van der Waals surface area contributed by atoms with E-state index in [1.807, 2.05) is 18.2 Å². The van der Waals surface area contributed by atoms with E-state index in [1.54, 1.807) is 14.2 Å². The van der Waals surface area contributed by atoms with Crippen LogP contribution in [0.5, 0.6) is 11.5 Å². The predicted octanol–water partition coefficient (Wildman–Crippen LogP) is 2.81. The topological polar surface area (TPSA) is 47.6 Å². The summed E-state index contributed by atoms with van der Waals surface area (Å²) < 4.78 is 10.7. The monoisotopic (exact) mass is 289 g/mol. The Balaban J connectivity index is 1.85. The Morgan fingerprint density at radius 3 is 2.43 bits per heavy atom. The van der Waals surface area contributed by atoms with Gasteiger partial charge in [0, 0.05) is 6.04 Å². The Morgan fingerprint density at radius 2 is 1.81 bits per heavy atom. The number of ketones is 1. The average Bonchev–Trinajstić information content (AvgIpc) is 2.97. The summed E-state index contributed by atoms with van der Waals surface area (Å²) in [6, 6.07) is 5.88. The molecule has 3 rings (SSSR count). The van der Waals surface area contributed by atoms with Crippen LogP contribution in [0.2, 0.25) is 0 Å². The summed E-state index contributed by atoms with van der Waals surface area (Å²) in [5.74, 6) is 1.93. The zero-order valence-electron chi connectivity index (χ0n) is 12.7. The van der Waals surface area contributed by atoms with Gasteiger partial charge in [0.05, 0.1) is 20.3 Å². The molecular formula is C17H23NO3. The van der Waals surface area contributed by atoms with Gasteiger partial charge in [-0.1, -0.05) is 18.9 Å². The SMILES string of the molecule is COc1cccc(OC)c1C(=O)C1CC2CCCCC2N1. The van der Waals surface area contributed by atoms with Crippen LogP contribution in [0, 0.1) is 5.92 Å². The maximum atomic E-state index is 12.9. The van der Waals surface area contributed by atoms with E-state index in [4.69, 9.17) is 9.47 Å². The number of hydrogen-bond donors (Lipinski definition) is 1. The maximum Gasteiger partial charge on any atom is 0.187 e. The molecule has 1 aromatic carbocycles. The quantitative estimate of drug-likeness (QED) is 0.866. The van der Waals surface area contributed by atoms with Crippen LogP contribution in [0.25, 0.3) is 0 Å². The number of fused-ring (bicyclic) bond motifs is 1. The Morgan fingerprint density at radius 1 is 1.14 bits per heavy atom. The summed E-state index contributed by atoms with van der Waals surface area (Å²) in [6.45, 7) is 0. The number of nitrogens with one attached hydrogen (secondary N) is 1. The van der Waals surface area contributed by atoms with Crippen molar-refractivity contribution in [1.29, 1.82) is 0 Å². The summed E-state index contributed by atoms with van der Waals surface area (Å²) in [5.41, 5.74) is 0.568. The third-order valence-electron chi connectivity index (χ3n) is 4.85. The summed E-state index contributed by atoms with van der Waals surface area (Å²) in [6.07, 6.45) is 5.93. The first kappa shape index (κ1) is 14.4. The minimum absolute atomic E-state index is 0.0960. The minimum atomic E-state index is -0.108. The van der Waals surface area contributed by atoms with Crippen molar-refractivity contribution in [2.75, 3.05) is 14.2 Å². The number of ether oxygens (including phenoxy) is 2. The van der Waals surface area contributed by atoms with E-state index in [2.05, 4.69) is 5.32 Å². The smallest absolute Gasteiger partial charge is 0.187 e. The summed E-state index contributed by atoms with van der Waals surface area (Å²) >= 11 is 0. The average molecular weight is 289 g/mol. The molecule has 1 heterocycles. The fourth-order valence-corrected chi connectivity index (χ4v) is 3.79. The molecule has 1 saturated carbocycles. The first-order valence-electron chi connectivity index (χ1n) is 7.76. The van der Waals surface area contributed by atoms with Crippen LogP contribution >= 0.6 is 0 Å². The number of Topliss-reactive ketones (excluding diaryl/α,β-unsaturated/α-hetero) is 1. The minimum Gasteiger partial charge on any atom is -0.496 e. The van der Waals surface area contributed by atoms with Gasteiger partial charge in [-0.3, -0.25) is 4.79 Å². The molecule has 2 fully saturated rings. The number of methoxy groups -OCH3 is 2. The Hall–Kier alpha value is -1.55. The van der Waals surface area contributed by atoms with Gasteiger partial charge >= 0.3 is 0 Å². The lowest BCUT2D eigenvalue weighted by molar-refractivity contribution is 0.0943. The molecule has 1 saturated heterocycles. The van der Waals surface area contributed by atoms with E-state index in [0.717, 1.165) is 6.42 Å². The second-order valence-corrected chi connectivity index (χ2v) is 6.01. The molecule has 1 aromatic rings. The molecule has 0 bridgehead atoms. The van der Waals surface area contributed by atoms with Gasteiger partial charge < -0.3 is 14.8 Å². The van der Waals surface area contributed by atoms with Crippen molar-refractivity contribution in [3.8, 4) is 11.5 Å². The van der Waals surface area contributed by atoms with Gasteiger partial charge in [0.1, 0.15) is 17.1 Å². The number of carbonyl (C=O) groups is 1. The van der Waals surface area contributed by atoms with E-state index in [1.165, 1.54) is 25.7 Å². The van der Waals surface area contributed by atoms with Crippen molar-refractivity contribution in [1.82, 2.24) is 5.32 Å². The number of hydrogen-bond acceptors (Lipinski definition) is 4. The highest BCUT2D eigenvalue weighted by molar-refractivity contribution is 6.05. The van der Waals surface area contributed by atoms with Crippen LogP contribution in [0.3, 0.4) is 0 Å². The highest BCUT2D eigenvalue weighted by atomic mass is 16.5. The lowest BCUT2D eigenvalue weighted by Gasteiger charge is -2.24. The lowest BCUT2D eigenvalue weighted by Crippen LogP contribution is -2.37. The van der Waals surface area contributed by atoms with E-state index >= 15 is 0 Å². The van der Waals surface area contributed by atoms with Crippen LogP contribution in [0.4, 0.5) is 0 Å². The van der Waals surface area contributed by atoms with E-state index < -0.39 is 0 Å². The molecule has 1 N–H and O–H groups in total. The van der Waals surface area contributed by atoms with Crippen LogP contribution in [0.1, 0.15) is 42.5 Å². The molecule has 4 nitrogen and oxygen atoms in total. The Kier molecular flexibility index (Phi) is 4.15. The zero-order chi connectivity index (χ0) is 14.8. The number of carbonyl (C=O) groups excluding carboxylic acids is 1. The van der Waals surface area contributed by atoms with E-state index in [0.29, 0.717) is 29.0 Å². The lowest BCUT2D eigenvalue weighted by atomic mass is 9.84. The molecule has 21 heavy (non-hydrogen) atoms. The number of benzene rings is 1. The van der Waals surface area contributed by atoms with Crippen molar-refractivity contribution in [2.45, 2.75) is 44.2 Å². The summed E-state index contributed by atoms with van der Waals surface area (Å²) in [4.78, 5) is 12.9. The van der Waals surface area contributed by atoms with Crippen molar-refractivity contribution in [3.05, 3.63) is 23.8 Å². The largest absolute Gasteiger partial charge is 0.496 e. The van der Waals surface area contributed by atoms with E-state index in [-0.39, 0.29) is 11.8 Å². The van der Waals surface area contributed by atoms with Gasteiger partial charge in [-0.15, -0.1) is 0 Å². The molecule has 0 amide bonds. The highest BCUT2D eigenvalue weighted by Crippen LogP contribution is 2.36. The van der Waals surface area contributed by atoms with Gasteiger partial charge in [0.25, 0.3) is 0 Å². The second kappa shape index (κ2) is 6.06. The molecule has 0 radical (unpaired) electrons. The normalized spacial score (nSPS) is 28.0. The fraction of sp³-hybridized carbons (Fsp3) is 0.588. The van der Waals surface area contributed by atoms with Gasteiger partial charge in [0.15, 0.2) is 5.78 Å². The molecule has 1 aliphatic carbocycles. The summed E-state index contributed by atoms with van der Waals surface area (Å²) in [5, 5.41) is 3.53. The molecule has 0 aromatic heterocycles. The van der Waals surface area contributed by atoms with Crippen molar-refractivity contribution in [3.63, 3.8) is 0 Å². The second-order valence-electron chi connectivity index (χ2n) is 6.01. The standard InChI is InChI=1S/C17H23NO3/c1-20-14-8-5-9-15(21-2)16(14)17(19)13-10-11-6-3-4-7-12(11)18-13/h5,8-9,11-13,18H,3-4,6-7,10H2,1-2H3. The highest BCUT2D eigenvalue weighted by Gasteiger charge is 2.39. The van der Waals surface area contributed by atoms with Crippen LogP contribution in [-0.2, 0) is 0 Å². The Labute approximate surface area is 125 Å². The number of rotatable bonds is 4. The van der Waals surface area contributed by atoms with Crippen LogP contribution < -0.4 is 14.8 Å². The van der Waals surface area contributed by atoms with Crippen molar-refractivity contribution < 1.29 is 14.3 Å². The van der Waals surface area contributed by atoms with Gasteiger partial charge in [0.2, 0.25) is 0 Å². The molecule has 2 aliphatic rings. The predicted molar refractivity (Wildman–Crippen MR) is 81.2 cm³/mol. The third-order valence-corrected chi connectivity index (χ3v) is 4.85. The van der Waals surface area contributed by atoms with Crippen molar-refractivity contribution in [2.24, 2.45) is 5.92 Å². The molecule has 3 atom stereocenters. The van der Waals surface area contributed by atoms with Gasteiger partial charge in [-0.25, -0.2) is 0 Å². The van der Waals surface area contributed by atoms with Crippen molar-refractivity contribution >= 4 is 5.78 Å². The van der Waals surface area contributed by atoms with Crippen LogP contribution in [-0.4, -0.2) is 32.1 Å². The summed E-state index contributed by atoms with van der Waals surface area (Å²) in [7, 11) is 3.18. The third kappa shape index (κ3) is 2.64. The first-order chi connectivity index (χ1) is 10.2. The van der Waals surface area contributed by atoms with Gasteiger partial charge in [-0.2, -0.15) is 0 Å². The first-order valence-corrected chi connectivity index (χ1v) is 7.76. The molecule has 3 unspecified atom stereocenters. The van der Waals surface area contributed by atoms with E-state index in [9.17, 15) is 4.79 Å². The Bertz CT molecular complexity index is 493.